The summed E-state index contributed by atoms with van der Waals surface area (Å²) in [5.74, 6) is 0.557. The molecule has 0 bridgehead atoms. The van der Waals surface area contributed by atoms with Crippen LogP contribution in [0.5, 0.6) is 0 Å². The predicted octanol–water partition coefficient (Wildman–Crippen LogP) is 2.71. The molecule has 0 aliphatic carbocycles. The monoisotopic (exact) mass is 282 g/mol. The smallest absolute Gasteiger partial charge is 0.0616 e. The number of nitrogens with zero attached hydrogens (tertiary/aromatic N) is 1. The van der Waals surface area contributed by atoms with Crippen molar-refractivity contribution >= 4 is 11.3 Å². The van der Waals surface area contributed by atoms with Crippen molar-refractivity contribution in [3.8, 4) is 0 Å². The van der Waals surface area contributed by atoms with Gasteiger partial charge in [0.25, 0.3) is 0 Å². The van der Waals surface area contributed by atoms with Crippen LogP contribution in [0.25, 0.3) is 0 Å². The van der Waals surface area contributed by atoms with Gasteiger partial charge in [-0.3, -0.25) is 4.90 Å². The second kappa shape index (κ2) is 6.35. The lowest BCUT2D eigenvalue weighted by molar-refractivity contribution is -0.0832. The van der Waals surface area contributed by atoms with Crippen molar-refractivity contribution in [2.75, 3.05) is 20.2 Å². The highest BCUT2D eigenvalue weighted by molar-refractivity contribution is 7.09. The van der Waals surface area contributed by atoms with Crippen LogP contribution in [-0.4, -0.2) is 36.7 Å². The van der Waals surface area contributed by atoms with E-state index >= 15 is 0 Å². The molecule has 1 aliphatic heterocycles. The minimum absolute atomic E-state index is 0.0944. The van der Waals surface area contributed by atoms with Crippen LogP contribution in [0.3, 0.4) is 0 Å². The van der Waals surface area contributed by atoms with Crippen LogP contribution in [0.1, 0.15) is 31.6 Å². The van der Waals surface area contributed by atoms with Gasteiger partial charge in [0.2, 0.25) is 0 Å². The number of rotatable bonds is 5. The average molecular weight is 282 g/mol. The Balaban J connectivity index is 2.07. The Morgan fingerprint density at radius 1 is 1.58 bits per heavy atom. The molecule has 1 aliphatic rings. The Bertz CT molecular complexity index is 380. The van der Waals surface area contributed by atoms with Crippen LogP contribution in [-0.2, 0) is 11.3 Å². The number of hydrogen-bond acceptors (Lipinski definition) is 4. The van der Waals surface area contributed by atoms with Crippen molar-refractivity contribution < 1.29 is 4.74 Å². The predicted molar refractivity (Wildman–Crippen MR) is 81.4 cm³/mol. The van der Waals surface area contributed by atoms with Crippen molar-refractivity contribution in [2.45, 2.75) is 44.9 Å². The maximum absolute atomic E-state index is 6.14. The first-order valence-electron chi connectivity index (χ1n) is 7.13. The van der Waals surface area contributed by atoms with Gasteiger partial charge in [0.05, 0.1) is 6.10 Å². The first-order chi connectivity index (χ1) is 9.07. The molecule has 0 radical (unpaired) electrons. The Kier molecular flexibility index (Phi) is 5.01. The van der Waals surface area contributed by atoms with Gasteiger partial charge in [-0.05, 0) is 37.3 Å². The third-order valence-electron chi connectivity index (χ3n) is 4.39. The van der Waals surface area contributed by atoms with Crippen molar-refractivity contribution in [1.29, 1.82) is 0 Å². The normalized spacial score (nSPS) is 28.2. The summed E-state index contributed by atoms with van der Waals surface area (Å²) in [7, 11) is 2.20. The molecule has 1 aromatic heterocycles. The first kappa shape index (κ1) is 15.0. The average Bonchev–Trinajstić information content (AvgIpc) is 2.91. The van der Waals surface area contributed by atoms with Gasteiger partial charge in [-0.25, -0.2) is 0 Å². The van der Waals surface area contributed by atoms with Gasteiger partial charge in [-0.2, -0.15) is 0 Å². The summed E-state index contributed by atoms with van der Waals surface area (Å²) in [4.78, 5) is 3.85. The number of hydrogen-bond donors (Lipinski definition) is 1. The van der Waals surface area contributed by atoms with Crippen LogP contribution < -0.4 is 5.73 Å². The highest BCUT2D eigenvalue weighted by atomic mass is 32.1. The molecule has 108 valence electrons. The van der Waals surface area contributed by atoms with E-state index in [1.807, 2.05) is 11.3 Å². The van der Waals surface area contributed by atoms with Crippen LogP contribution in [0.2, 0.25) is 0 Å². The molecule has 1 aromatic rings. The fourth-order valence-corrected chi connectivity index (χ4v) is 3.61. The fourth-order valence-electron chi connectivity index (χ4n) is 2.86. The van der Waals surface area contributed by atoms with Gasteiger partial charge in [-0.15, -0.1) is 11.3 Å². The zero-order valence-electron chi connectivity index (χ0n) is 12.3. The molecule has 4 heteroatoms. The Labute approximate surface area is 120 Å². The molecule has 1 saturated heterocycles. The molecule has 0 amide bonds. The van der Waals surface area contributed by atoms with Crippen LogP contribution in [0.15, 0.2) is 17.5 Å². The van der Waals surface area contributed by atoms with Gasteiger partial charge in [0, 0.05) is 30.1 Å². The summed E-state index contributed by atoms with van der Waals surface area (Å²) in [5, 5.41) is 2.14. The molecule has 2 heterocycles. The first-order valence-corrected chi connectivity index (χ1v) is 8.00. The van der Waals surface area contributed by atoms with E-state index in [1.165, 1.54) is 4.88 Å². The van der Waals surface area contributed by atoms with E-state index in [0.717, 1.165) is 26.0 Å². The number of thiophene rings is 1. The molecule has 0 aromatic carbocycles. The van der Waals surface area contributed by atoms with Crippen molar-refractivity contribution in [1.82, 2.24) is 4.90 Å². The van der Waals surface area contributed by atoms with Gasteiger partial charge >= 0.3 is 0 Å². The van der Waals surface area contributed by atoms with Gasteiger partial charge in [0.15, 0.2) is 0 Å². The molecular formula is C15H26N2OS. The summed E-state index contributed by atoms with van der Waals surface area (Å²) in [6, 6.07) is 4.31. The lowest BCUT2D eigenvalue weighted by Crippen LogP contribution is -2.57. The van der Waals surface area contributed by atoms with Gasteiger partial charge in [-0.1, -0.05) is 19.9 Å². The molecule has 1 fully saturated rings. The van der Waals surface area contributed by atoms with Crippen LogP contribution in [0, 0.1) is 5.92 Å². The third kappa shape index (κ3) is 3.37. The van der Waals surface area contributed by atoms with Crippen molar-refractivity contribution in [2.24, 2.45) is 11.7 Å². The van der Waals surface area contributed by atoms with Gasteiger partial charge < -0.3 is 10.5 Å². The summed E-state index contributed by atoms with van der Waals surface area (Å²) in [5.41, 5.74) is 6.23. The molecule has 2 unspecified atom stereocenters. The summed E-state index contributed by atoms with van der Waals surface area (Å²) in [6.07, 6.45) is 2.42. The zero-order chi connectivity index (χ0) is 13.9. The third-order valence-corrected chi connectivity index (χ3v) is 5.25. The standard InChI is InChI=1S/C15H26N2OS/c1-12(2)14-9-15(11-16,6-7-18-14)17(3)10-13-5-4-8-19-13/h4-5,8,12,14H,6-7,9-11,16H2,1-3H3. The Morgan fingerprint density at radius 3 is 2.95 bits per heavy atom. The van der Waals surface area contributed by atoms with Crippen LogP contribution in [0.4, 0.5) is 0 Å². The number of likely N-dealkylation sites (N-methyl/N-ethyl adjacent to an activating group) is 1. The number of ether oxygens (including phenoxy) is 1. The van der Waals surface area contributed by atoms with E-state index in [9.17, 15) is 0 Å². The second-order valence-electron chi connectivity index (χ2n) is 5.97. The highest BCUT2D eigenvalue weighted by Crippen LogP contribution is 2.33. The zero-order valence-corrected chi connectivity index (χ0v) is 13.1. The SMILES string of the molecule is CC(C)C1CC(CN)(N(C)Cc2cccs2)CCO1. The van der Waals surface area contributed by atoms with E-state index in [-0.39, 0.29) is 5.54 Å². The quantitative estimate of drug-likeness (QED) is 0.902. The van der Waals surface area contributed by atoms with Crippen molar-refractivity contribution in [3.63, 3.8) is 0 Å². The molecule has 0 saturated carbocycles. The van der Waals surface area contributed by atoms with Crippen LogP contribution >= 0.6 is 11.3 Å². The highest BCUT2D eigenvalue weighted by Gasteiger charge is 2.40. The fraction of sp³-hybridized carbons (Fsp3) is 0.733. The molecule has 2 N–H and O–H groups in total. The lowest BCUT2D eigenvalue weighted by Gasteiger charge is -2.47. The van der Waals surface area contributed by atoms with E-state index in [0.29, 0.717) is 18.6 Å². The Hall–Kier alpha value is -0.420. The largest absolute Gasteiger partial charge is 0.378 e. The molecule has 2 rings (SSSR count). The van der Waals surface area contributed by atoms with E-state index in [1.54, 1.807) is 0 Å². The summed E-state index contributed by atoms with van der Waals surface area (Å²) >= 11 is 1.82. The maximum atomic E-state index is 6.14. The minimum Gasteiger partial charge on any atom is -0.378 e. The van der Waals surface area contributed by atoms with E-state index in [2.05, 4.69) is 43.3 Å². The molecule has 2 atom stereocenters. The molecule has 3 nitrogen and oxygen atoms in total. The number of nitrogens with two attached hydrogens (primary N) is 1. The topological polar surface area (TPSA) is 38.5 Å². The summed E-state index contributed by atoms with van der Waals surface area (Å²) < 4.78 is 5.90. The minimum atomic E-state index is 0.0944. The molecular weight excluding hydrogens is 256 g/mol. The van der Waals surface area contributed by atoms with E-state index in [4.69, 9.17) is 10.5 Å². The van der Waals surface area contributed by atoms with Crippen molar-refractivity contribution in [3.05, 3.63) is 22.4 Å². The van der Waals surface area contributed by atoms with Gasteiger partial charge in [0.1, 0.15) is 0 Å². The van der Waals surface area contributed by atoms with E-state index < -0.39 is 0 Å². The Morgan fingerprint density at radius 2 is 2.37 bits per heavy atom. The summed E-state index contributed by atoms with van der Waals surface area (Å²) in [6.45, 7) is 6.99. The lowest BCUT2D eigenvalue weighted by atomic mass is 9.82. The molecule has 0 spiro atoms. The second-order valence-corrected chi connectivity index (χ2v) is 7.00. The molecule has 19 heavy (non-hydrogen) atoms. The maximum Gasteiger partial charge on any atom is 0.0616 e.